The largest absolute Gasteiger partial charge is 0.381 e. The van der Waals surface area contributed by atoms with Gasteiger partial charge in [0.1, 0.15) is 5.78 Å². The summed E-state index contributed by atoms with van der Waals surface area (Å²) in [6.45, 7) is 6.59. The third-order valence-electron chi connectivity index (χ3n) is 1.28. The number of rotatable bonds is 7. The van der Waals surface area contributed by atoms with Crippen molar-refractivity contribution in [1.82, 2.24) is 0 Å². The average Bonchev–Trinajstić information content (AvgIpc) is 1.96. The summed E-state index contributed by atoms with van der Waals surface area (Å²) in [6.07, 6.45) is 4.19. The van der Waals surface area contributed by atoms with Crippen LogP contribution in [0.5, 0.6) is 0 Å². The van der Waals surface area contributed by atoms with E-state index in [1.54, 1.807) is 6.92 Å². The predicted molar refractivity (Wildman–Crippen MR) is 45.5 cm³/mol. The highest BCUT2D eigenvalue weighted by molar-refractivity contribution is 5.75. The molecule has 0 aromatic rings. The Bertz CT molecular complexity index is 119. The maximum atomic E-state index is 10.5. The Kier molecular flexibility index (Phi) is 7.05. The molecule has 2 nitrogen and oxygen atoms in total. The highest BCUT2D eigenvalue weighted by atomic mass is 16.5. The molecule has 0 fully saturated rings. The number of ether oxygens (including phenoxy) is 1. The molecule has 0 aromatic heterocycles. The van der Waals surface area contributed by atoms with Gasteiger partial charge in [0, 0.05) is 19.6 Å². The molecule has 0 bridgehead atoms. The fourth-order valence-electron chi connectivity index (χ4n) is 0.692. The summed E-state index contributed by atoms with van der Waals surface area (Å²) in [5.41, 5.74) is 0. The average molecular weight is 156 g/mol. The maximum Gasteiger partial charge on any atom is 0.129 e. The van der Waals surface area contributed by atoms with E-state index >= 15 is 0 Å². The monoisotopic (exact) mass is 156 g/mol. The summed E-state index contributed by atoms with van der Waals surface area (Å²) < 4.78 is 5.20. The minimum absolute atomic E-state index is 0.234. The van der Waals surface area contributed by atoms with E-state index in [2.05, 4.69) is 6.58 Å². The van der Waals surface area contributed by atoms with Gasteiger partial charge in [0.2, 0.25) is 0 Å². The molecule has 0 aliphatic heterocycles. The Morgan fingerprint density at radius 2 is 2.27 bits per heavy atom. The van der Waals surface area contributed by atoms with Crippen molar-refractivity contribution in [2.75, 3.05) is 13.2 Å². The van der Waals surface area contributed by atoms with Gasteiger partial charge < -0.3 is 9.53 Å². The van der Waals surface area contributed by atoms with Gasteiger partial charge in [0.05, 0.1) is 0 Å². The van der Waals surface area contributed by atoms with Crippen molar-refractivity contribution in [2.45, 2.75) is 26.2 Å². The first-order valence-corrected chi connectivity index (χ1v) is 3.95. The first-order chi connectivity index (χ1) is 5.27. The van der Waals surface area contributed by atoms with Crippen LogP contribution in [-0.2, 0) is 9.53 Å². The zero-order valence-corrected chi connectivity index (χ0v) is 7.14. The number of ketones is 1. The first-order valence-electron chi connectivity index (χ1n) is 3.95. The molecule has 0 spiro atoms. The number of hydrogen-bond donors (Lipinski definition) is 0. The summed E-state index contributed by atoms with van der Waals surface area (Å²) in [5.74, 6) is 0.234. The van der Waals surface area contributed by atoms with Crippen molar-refractivity contribution in [3.8, 4) is 0 Å². The van der Waals surface area contributed by atoms with Crippen LogP contribution in [0.2, 0.25) is 0 Å². The van der Waals surface area contributed by atoms with Gasteiger partial charge in [-0.3, -0.25) is 0 Å². The molecule has 64 valence electrons. The van der Waals surface area contributed by atoms with E-state index in [4.69, 9.17) is 4.74 Å². The second-order valence-corrected chi connectivity index (χ2v) is 2.50. The number of Topliss-reactive ketones (excluding diaryl/α,β-unsaturated/α-hetero) is 1. The summed E-state index contributed by atoms with van der Waals surface area (Å²) >= 11 is 0. The third kappa shape index (κ3) is 9.37. The van der Waals surface area contributed by atoms with Crippen LogP contribution in [0, 0.1) is 0 Å². The molecule has 0 heterocycles. The normalized spacial score (nSPS) is 9.55. The second-order valence-electron chi connectivity index (χ2n) is 2.50. The molecule has 0 aliphatic carbocycles. The molecule has 2 heteroatoms. The molecule has 0 aromatic carbocycles. The van der Waals surface area contributed by atoms with Crippen LogP contribution < -0.4 is 0 Å². The van der Waals surface area contributed by atoms with Crippen molar-refractivity contribution < 1.29 is 9.53 Å². The van der Waals surface area contributed by atoms with Crippen molar-refractivity contribution in [2.24, 2.45) is 0 Å². The van der Waals surface area contributed by atoms with Gasteiger partial charge in [0.25, 0.3) is 0 Å². The van der Waals surface area contributed by atoms with Gasteiger partial charge in [-0.25, -0.2) is 0 Å². The van der Waals surface area contributed by atoms with Crippen LogP contribution in [0.3, 0.4) is 0 Å². The zero-order valence-electron chi connectivity index (χ0n) is 7.14. The Morgan fingerprint density at radius 1 is 1.55 bits per heavy atom. The van der Waals surface area contributed by atoms with E-state index in [0.717, 1.165) is 19.4 Å². The number of carbonyl (C=O) groups is 1. The van der Waals surface area contributed by atoms with Crippen LogP contribution in [0.15, 0.2) is 12.7 Å². The van der Waals surface area contributed by atoms with E-state index in [1.165, 1.54) is 0 Å². The van der Waals surface area contributed by atoms with Crippen molar-refractivity contribution in [1.29, 1.82) is 0 Å². The van der Waals surface area contributed by atoms with Gasteiger partial charge in [-0.2, -0.15) is 0 Å². The third-order valence-corrected chi connectivity index (χ3v) is 1.28. The smallest absolute Gasteiger partial charge is 0.129 e. The minimum atomic E-state index is 0.234. The summed E-state index contributed by atoms with van der Waals surface area (Å²) in [6, 6.07) is 0. The Hall–Kier alpha value is -0.630. The Morgan fingerprint density at radius 3 is 2.82 bits per heavy atom. The van der Waals surface area contributed by atoms with Crippen LogP contribution >= 0.6 is 0 Å². The SMILES string of the molecule is C=CCCOCCCC(C)=O. The van der Waals surface area contributed by atoms with Gasteiger partial charge in [-0.15, -0.1) is 6.58 Å². The maximum absolute atomic E-state index is 10.5. The van der Waals surface area contributed by atoms with Crippen molar-refractivity contribution in [3.05, 3.63) is 12.7 Å². The molecule has 0 rings (SSSR count). The minimum Gasteiger partial charge on any atom is -0.381 e. The molecular formula is C9H16O2. The van der Waals surface area contributed by atoms with Crippen LogP contribution in [0.25, 0.3) is 0 Å². The predicted octanol–water partition coefficient (Wildman–Crippen LogP) is 1.95. The van der Waals surface area contributed by atoms with E-state index < -0.39 is 0 Å². The molecule has 0 unspecified atom stereocenters. The number of hydrogen-bond acceptors (Lipinski definition) is 2. The highest BCUT2D eigenvalue weighted by Gasteiger charge is 1.92. The number of carbonyl (C=O) groups excluding carboxylic acids is 1. The lowest BCUT2D eigenvalue weighted by Crippen LogP contribution is -1.98. The van der Waals surface area contributed by atoms with Crippen LogP contribution in [0.1, 0.15) is 26.2 Å². The van der Waals surface area contributed by atoms with Crippen LogP contribution in [-0.4, -0.2) is 19.0 Å². The first kappa shape index (κ1) is 10.4. The standard InChI is InChI=1S/C9H16O2/c1-3-4-7-11-8-5-6-9(2)10/h3H,1,4-8H2,2H3. The molecular weight excluding hydrogens is 140 g/mol. The Balaban J connectivity index is 2.90. The molecule has 0 aliphatic rings. The molecule has 0 saturated carbocycles. The fourth-order valence-corrected chi connectivity index (χ4v) is 0.692. The molecule has 0 radical (unpaired) electrons. The fraction of sp³-hybridized carbons (Fsp3) is 0.667. The molecule has 11 heavy (non-hydrogen) atoms. The summed E-state index contributed by atoms with van der Waals surface area (Å²) in [7, 11) is 0. The van der Waals surface area contributed by atoms with Gasteiger partial charge >= 0.3 is 0 Å². The van der Waals surface area contributed by atoms with Crippen molar-refractivity contribution in [3.63, 3.8) is 0 Å². The van der Waals surface area contributed by atoms with Gasteiger partial charge in [0.15, 0.2) is 0 Å². The van der Waals surface area contributed by atoms with E-state index in [9.17, 15) is 4.79 Å². The molecule has 0 N–H and O–H groups in total. The second kappa shape index (κ2) is 7.48. The van der Waals surface area contributed by atoms with Gasteiger partial charge in [-0.1, -0.05) is 6.08 Å². The molecule has 0 atom stereocenters. The van der Waals surface area contributed by atoms with E-state index in [-0.39, 0.29) is 5.78 Å². The lowest BCUT2D eigenvalue weighted by molar-refractivity contribution is -0.117. The van der Waals surface area contributed by atoms with Gasteiger partial charge in [-0.05, 0) is 19.8 Å². The quantitative estimate of drug-likeness (QED) is 0.416. The molecule has 0 amide bonds. The topological polar surface area (TPSA) is 26.3 Å². The highest BCUT2D eigenvalue weighted by Crippen LogP contribution is 1.92. The lowest BCUT2D eigenvalue weighted by Gasteiger charge is -1.99. The summed E-state index contributed by atoms with van der Waals surface area (Å²) in [5, 5.41) is 0. The van der Waals surface area contributed by atoms with Crippen molar-refractivity contribution >= 4 is 5.78 Å². The summed E-state index contributed by atoms with van der Waals surface area (Å²) in [4.78, 5) is 10.5. The van der Waals surface area contributed by atoms with Crippen LogP contribution in [0.4, 0.5) is 0 Å². The zero-order chi connectivity index (χ0) is 8.53. The Labute approximate surface area is 68.2 Å². The molecule has 0 saturated heterocycles. The lowest BCUT2D eigenvalue weighted by atomic mass is 10.2. The van der Waals surface area contributed by atoms with E-state index in [1.807, 2.05) is 6.08 Å². The van der Waals surface area contributed by atoms with E-state index in [0.29, 0.717) is 13.0 Å².